The highest BCUT2D eigenvalue weighted by atomic mass is 79.9. The first kappa shape index (κ1) is 24.4. The van der Waals surface area contributed by atoms with Gasteiger partial charge in [0.05, 0.1) is 13.3 Å². The van der Waals surface area contributed by atoms with Crippen LogP contribution in [0.1, 0.15) is 11.1 Å². The molecular weight excluding hydrogens is 502 g/mol. The van der Waals surface area contributed by atoms with E-state index in [0.29, 0.717) is 17.0 Å². The molecule has 0 bridgehead atoms. The number of rotatable bonds is 7. The fourth-order valence-corrected chi connectivity index (χ4v) is 2.92. The third-order valence-electron chi connectivity index (χ3n) is 4.30. The summed E-state index contributed by atoms with van der Waals surface area (Å²) in [5, 5.41) is 6.24. The molecule has 3 rings (SSSR count). The van der Waals surface area contributed by atoms with Gasteiger partial charge >= 0.3 is 17.8 Å². The van der Waals surface area contributed by atoms with Gasteiger partial charge in [-0.2, -0.15) is 5.10 Å². The van der Waals surface area contributed by atoms with Crippen LogP contribution < -0.4 is 20.2 Å². The van der Waals surface area contributed by atoms with Crippen LogP contribution in [0, 0.1) is 0 Å². The molecular formula is C25H20BrN3O5. The number of hydrazone groups is 1. The molecule has 3 aromatic rings. The van der Waals surface area contributed by atoms with Crippen molar-refractivity contribution in [3.63, 3.8) is 0 Å². The highest BCUT2D eigenvalue weighted by molar-refractivity contribution is 9.10. The van der Waals surface area contributed by atoms with E-state index in [2.05, 4.69) is 31.8 Å². The van der Waals surface area contributed by atoms with E-state index in [1.807, 2.05) is 30.3 Å². The Kier molecular flexibility index (Phi) is 8.70. The Hall–Kier alpha value is -4.24. The highest BCUT2D eigenvalue weighted by Crippen LogP contribution is 2.27. The lowest BCUT2D eigenvalue weighted by atomic mass is 10.2. The molecule has 9 heteroatoms. The maximum atomic E-state index is 12.1. The summed E-state index contributed by atoms with van der Waals surface area (Å²) in [6.07, 6.45) is 4.29. The summed E-state index contributed by atoms with van der Waals surface area (Å²) in [6, 6.07) is 20.8. The number of nitrogens with zero attached hydrogens (tertiary/aromatic N) is 1. The molecule has 0 aliphatic rings. The first-order chi connectivity index (χ1) is 16.4. The zero-order valence-corrected chi connectivity index (χ0v) is 19.6. The van der Waals surface area contributed by atoms with Crippen molar-refractivity contribution in [2.45, 2.75) is 0 Å². The van der Waals surface area contributed by atoms with Crippen LogP contribution in [0.2, 0.25) is 0 Å². The molecule has 0 unspecified atom stereocenters. The second-order valence-corrected chi connectivity index (χ2v) is 7.65. The van der Waals surface area contributed by atoms with E-state index in [1.165, 1.54) is 25.5 Å². The van der Waals surface area contributed by atoms with Gasteiger partial charge in [0, 0.05) is 16.2 Å². The van der Waals surface area contributed by atoms with Gasteiger partial charge in [-0.1, -0.05) is 46.3 Å². The van der Waals surface area contributed by atoms with Crippen LogP contribution in [-0.2, 0) is 14.4 Å². The van der Waals surface area contributed by atoms with E-state index in [4.69, 9.17) is 9.47 Å². The van der Waals surface area contributed by atoms with Crippen molar-refractivity contribution in [2.75, 3.05) is 12.4 Å². The van der Waals surface area contributed by atoms with E-state index in [0.717, 1.165) is 10.0 Å². The lowest BCUT2D eigenvalue weighted by Crippen LogP contribution is -2.32. The topological polar surface area (TPSA) is 106 Å². The summed E-state index contributed by atoms with van der Waals surface area (Å²) >= 11 is 3.29. The standard InChI is InChI=1S/C25H20BrN3O5/c1-33-22-15-18(7-13-21(22)34-23(30)14-8-17-5-3-2-4-6-17)16-27-29-25(32)24(31)28-20-11-9-19(26)10-12-20/h2-16H,1H3,(H,28,31)(H,29,32). The van der Waals surface area contributed by atoms with Gasteiger partial charge in [0.1, 0.15) is 0 Å². The van der Waals surface area contributed by atoms with E-state index in [9.17, 15) is 14.4 Å². The average molecular weight is 522 g/mol. The van der Waals surface area contributed by atoms with E-state index in [-0.39, 0.29) is 5.75 Å². The molecule has 0 aliphatic carbocycles. The third-order valence-corrected chi connectivity index (χ3v) is 4.83. The molecule has 0 fully saturated rings. The normalized spacial score (nSPS) is 10.8. The van der Waals surface area contributed by atoms with E-state index < -0.39 is 17.8 Å². The maximum absolute atomic E-state index is 12.1. The van der Waals surface area contributed by atoms with Crippen molar-refractivity contribution in [2.24, 2.45) is 5.10 Å². The smallest absolute Gasteiger partial charge is 0.336 e. The average Bonchev–Trinajstić information content (AvgIpc) is 2.85. The fourth-order valence-electron chi connectivity index (χ4n) is 2.66. The van der Waals surface area contributed by atoms with Crippen LogP contribution in [-0.4, -0.2) is 31.1 Å². The number of hydrogen-bond donors (Lipinski definition) is 2. The largest absolute Gasteiger partial charge is 0.493 e. The predicted molar refractivity (Wildman–Crippen MR) is 133 cm³/mol. The summed E-state index contributed by atoms with van der Waals surface area (Å²) < 4.78 is 11.4. The number of methoxy groups -OCH3 is 1. The Morgan fingerprint density at radius 3 is 2.32 bits per heavy atom. The molecule has 0 saturated carbocycles. The number of amides is 2. The number of ether oxygens (including phenoxy) is 2. The number of hydrogen-bond acceptors (Lipinski definition) is 6. The van der Waals surface area contributed by atoms with Crippen molar-refractivity contribution in [1.82, 2.24) is 5.43 Å². The lowest BCUT2D eigenvalue weighted by molar-refractivity contribution is -0.136. The molecule has 0 aromatic heterocycles. The van der Waals surface area contributed by atoms with Crippen molar-refractivity contribution >= 4 is 51.7 Å². The third kappa shape index (κ3) is 7.42. The van der Waals surface area contributed by atoms with Gasteiger partial charge in [-0.05, 0) is 59.7 Å². The van der Waals surface area contributed by atoms with Crippen LogP contribution in [0.4, 0.5) is 5.69 Å². The zero-order valence-electron chi connectivity index (χ0n) is 18.0. The summed E-state index contributed by atoms with van der Waals surface area (Å²) in [5.74, 6) is -1.83. The number of halogens is 1. The SMILES string of the molecule is COc1cc(C=NNC(=O)C(=O)Nc2ccc(Br)cc2)ccc1OC(=O)C=Cc1ccccc1. The lowest BCUT2D eigenvalue weighted by Gasteiger charge is -2.08. The van der Waals surface area contributed by atoms with Gasteiger partial charge in [0.15, 0.2) is 11.5 Å². The molecule has 0 heterocycles. The molecule has 2 N–H and O–H groups in total. The van der Waals surface area contributed by atoms with Gasteiger partial charge < -0.3 is 14.8 Å². The predicted octanol–water partition coefficient (Wildman–Crippen LogP) is 4.17. The molecule has 172 valence electrons. The van der Waals surface area contributed by atoms with Crippen molar-refractivity contribution in [1.29, 1.82) is 0 Å². The molecule has 0 saturated heterocycles. The van der Waals surface area contributed by atoms with Crippen LogP contribution in [0.25, 0.3) is 6.08 Å². The molecule has 0 spiro atoms. The number of nitrogens with one attached hydrogen (secondary N) is 2. The van der Waals surface area contributed by atoms with Crippen molar-refractivity contribution < 1.29 is 23.9 Å². The molecule has 0 aliphatic heterocycles. The summed E-state index contributed by atoms with van der Waals surface area (Å²) in [5.41, 5.74) is 4.04. The molecule has 0 atom stereocenters. The highest BCUT2D eigenvalue weighted by Gasteiger charge is 2.13. The Bertz CT molecular complexity index is 1230. The second kappa shape index (κ2) is 12.1. The number of carbonyl (C=O) groups is 3. The van der Waals surface area contributed by atoms with Crippen LogP contribution in [0.15, 0.2) is 88.4 Å². The Balaban J connectivity index is 1.56. The minimum absolute atomic E-state index is 0.222. The quantitative estimate of drug-likeness (QED) is 0.121. The van der Waals surface area contributed by atoms with E-state index in [1.54, 1.807) is 42.5 Å². The van der Waals surface area contributed by atoms with Crippen molar-refractivity contribution in [3.05, 3.63) is 94.5 Å². The summed E-state index contributed by atoms with van der Waals surface area (Å²) in [6.45, 7) is 0. The number of esters is 1. The first-order valence-electron chi connectivity index (χ1n) is 9.97. The fraction of sp³-hybridized carbons (Fsp3) is 0.0400. The Morgan fingerprint density at radius 1 is 0.882 bits per heavy atom. The maximum Gasteiger partial charge on any atom is 0.336 e. The minimum atomic E-state index is -0.929. The van der Waals surface area contributed by atoms with Gasteiger partial charge in [0.2, 0.25) is 0 Å². The zero-order chi connectivity index (χ0) is 24.3. The number of carbonyl (C=O) groups excluding carboxylic acids is 3. The van der Waals surface area contributed by atoms with Gasteiger partial charge in [-0.15, -0.1) is 0 Å². The van der Waals surface area contributed by atoms with Gasteiger partial charge in [0.25, 0.3) is 0 Å². The molecule has 0 radical (unpaired) electrons. The van der Waals surface area contributed by atoms with Gasteiger partial charge in [-0.25, -0.2) is 10.2 Å². The van der Waals surface area contributed by atoms with Crippen LogP contribution in [0.3, 0.4) is 0 Å². The molecule has 34 heavy (non-hydrogen) atoms. The first-order valence-corrected chi connectivity index (χ1v) is 10.8. The summed E-state index contributed by atoms with van der Waals surface area (Å²) in [7, 11) is 1.43. The molecule has 8 nitrogen and oxygen atoms in total. The van der Waals surface area contributed by atoms with Gasteiger partial charge in [-0.3, -0.25) is 9.59 Å². The van der Waals surface area contributed by atoms with Crippen molar-refractivity contribution in [3.8, 4) is 11.5 Å². The van der Waals surface area contributed by atoms with Crippen LogP contribution >= 0.6 is 15.9 Å². The Morgan fingerprint density at radius 2 is 1.62 bits per heavy atom. The molecule has 3 aromatic carbocycles. The molecule has 2 amide bonds. The second-order valence-electron chi connectivity index (χ2n) is 6.74. The minimum Gasteiger partial charge on any atom is -0.493 e. The monoisotopic (exact) mass is 521 g/mol. The number of benzene rings is 3. The van der Waals surface area contributed by atoms with Crippen LogP contribution in [0.5, 0.6) is 11.5 Å². The Labute approximate surface area is 204 Å². The van der Waals surface area contributed by atoms with E-state index >= 15 is 0 Å². The number of anilines is 1. The summed E-state index contributed by atoms with van der Waals surface area (Å²) in [4.78, 5) is 36.0.